The minimum Gasteiger partial charge on any atom is -0.308 e. The summed E-state index contributed by atoms with van der Waals surface area (Å²) in [5, 5.41) is 4.29. The van der Waals surface area contributed by atoms with Crippen molar-refractivity contribution in [3.63, 3.8) is 0 Å². The predicted octanol–water partition coefficient (Wildman–Crippen LogP) is 3.39. The largest absolute Gasteiger partial charge is 0.308 e. The van der Waals surface area contributed by atoms with E-state index < -0.39 is 0 Å². The summed E-state index contributed by atoms with van der Waals surface area (Å²) in [5.41, 5.74) is 0.913. The van der Waals surface area contributed by atoms with E-state index in [-0.39, 0.29) is 17.4 Å². The molecule has 0 aliphatic rings. The summed E-state index contributed by atoms with van der Waals surface area (Å²) in [4.78, 5) is 20.0. The van der Waals surface area contributed by atoms with Gasteiger partial charge in [-0.2, -0.15) is 0 Å². The van der Waals surface area contributed by atoms with Crippen LogP contribution in [0.2, 0.25) is 5.02 Å². The van der Waals surface area contributed by atoms with Crippen LogP contribution in [-0.2, 0) is 0 Å². The summed E-state index contributed by atoms with van der Waals surface area (Å²) in [6.45, 7) is 3.56. The van der Waals surface area contributed by atoms with E-state index in [0.717, 1.165) is 13.1 Å². The molecule has 3 aromatic rings. The molecule has 7 heteroatoms. The molecule has 2 aromatic carbocycles. The van der Waals surface area contributed by atoms with Crippen LogP contribution in [0.5, 0.6) is 0 Å². The maximum absolute atomic E-state index is 13.4. The molecule has 5 nitrogen and oxygen atoms in total. The Kier molecular flexibility index (Phi) is 5.89. The minimum atomic E-state index is -0.359. The normalized spacial score (nSPS) is 12.7. The van der Waals surface area contributed by atoms with Crippen LogP contribution in [0.1, 0.15) is 18.8 Å². The SMILES string of the molecule is CC(NCCN(C)C)c1nc2ccc(Cl)cc2c(=O)n1-c1ccc(F)cc1. The zero-order chi connectivity index (χ0) is 19.6. The number of benzene rings is 2. The van der Waals surface area contributed by atoms with Crippen LogP contribution >= 0.6 is 11.6 Å². The fourth-order valence-corrected chi connectivity index (χ4v) is 3.07. The molecular weight excluding hydrogens is 367 g/mol. The second-order valence-corrected chi connectivity index (χ2v) is 7.16. The Labute approximate surface area is 162 Å². The van der Waals surface area contributed by atoms with Gasteiger partial charge in [-0.3, -0.25) is 9.36 Å². The van der Waals surface area contributed by atoms with Crippen molar-refractivity contribution in [3.05, 3.63) is 69.5 Å². The molecule has 3 rings (SSSR count). The fourth-order valence-electron chi connectivity index (χ4n) is 2.90. The van der Waals surface area contributed by atoms with Crippen molar-refractivity contribution in [3.8, 4) is 5.69 Å². The van der Waals surface area contributed by atoms with Crippen molar-refractivity contribution >= 4 is 22.5 Å². The molecular formula is C20H22ClFN4O. The molecule has 0 aliphatic carbocycles. The van der Waals surface area contributed by atoms with E-state index in [1.165, 1.54) is 16.7 Å². The standard InChI is InChI=1S/C20H22ClFN4O/c1-13(23-10-11-25(2)3)19-24-18-9-4-14(21)12-17(18)20(27)26(19)16-7-5-15(22)6-8-16/h4-9,12-13,23H,10-11H2,1-3H3. The average Bonchev–Trinajstić information content (AvgIpc) is 2.62. The Balaban J connectivity index is 2.15. The zero-order valence-electron chi connectivity index (χ0n) is 15.5. The maximum Gasteiger partial charge on any atom is 0.266 e. The molecule has 1 atom stereocenters. The molecule has 0 spiro atoms. The third kappa shape index (κ3) is 4.35. The van der Waals surface area contributed by atoms with Crippen molar-refractivity contribution in [2.45, 2.75) is 13.0 Å². The first-order chi connectivity index (χ1) is 12.9. The molecule has 0 amide bonds. The fraction of sp³-hybridized carbons (Fsp3) is 0.300. The first kappa shape index (κ1) is 19.5. The molecule has 1 heterocycles. The van der Waals surface area contributed by atoms with Gasteiger partial charge >= 0.3 is 0 Å². The van der Waals surface area contributed by atoms with Gasteiger partial charge in [0.2, 0.25) is 0 Å². The molecule has 0 radical (unpaired) electrons. The van der Waals surface area contributed by atoms with Crippen LogP contribution in [-0.4, -0.2) is 41.6 Å². The third-order valence-electron chi connectivity index (χ3n) is 4.34. The number of aromatic nitrogens is 2. The number of halogens is 2. The van der Waals surface area contributed by atoms with Crippen LogP contribution in [0.15, 0.2) is 47.3 Å². The van der Waals surface area contributed by atoms with Crippen LogP contribution in [0.4, 0.5) is 4.39 Å². The summed E-state index contributed by atoms with van der Waals surface area (Å²) in [6, 6.07) is 10.7. The lowest BCUT2D eigenvalue weighted by Crippen LogP contribution is -2.33. The number of nitrogens with one attached hydrogen (secondary N) is 1. The third-order valence-corrected chi connectivity index (χ3v) is 4.57. The smallest absolute Gasteiger partial charge is 0.266 e. The Bertz CT molecular complexity index is 1000. The van der Waals surface area contributed by atoms with E-state index in [1.807, 2.05) is 21.0 Å². The molecule has 1 unspecified atom stereocenters. The summed E-state index contributed by atoms with van der Waals surface area (Å²) >= 11 is 6.07. The van der Waals surface area contributed by atoms with E-state index in [2.05, 4.69) is 10.2 Å². The number of fused-ring (bicyclic) bond motifs is 1. The quantitative estimate of drug-likeness (QED) is 0.703. The first-order valence-electron chi connectivity index (χ1n) is 8.73. The minimum absolute atomic E-state index is 0.178. The summed E-state index contributed by atoms with van der Waals surface area (Å²) < 4.78 is 14.9. The number of hydrogen-bond donors (Lipinski definition) is 1. The van der Waals surface area contributed by atoms with E-state index >= 15 is 0 Å². The lowest BCUT2D eigenvalue weighted by atomic mass is 10.2. The highest BCUT2D eigenvalue weighted by Crippen LogP contribution is 2.20. The van der Waals surface area contributed by atoms with Gasteiger partial charge in [0, 0.05) is 18.1 Å². The molecule has 0 bridgehead atoms. The van der Waals surface area contributed by atoms with E-state index in [1.54, 1.807) is 30.3 Å². The van der Waals surface area contributed by atoms with Gasteiger partial charge in [-0.05, 0) is 63.5 Å². The van der Waals surface area contributed by atoms with E-state index in [9.17, 15) is 9.18 Å². The van der Waals surface area contributed by atoms with Crippen molar-refractivity contribution in [1.29, 1.82) is 0 Å². The van der Waals surface area contributed by atoms with E-state index in [4.69, 9.17) is 16.6 Å². The molecule has 1 aromatic heterocycles. The van der Waals surface area contributed by atoms with Crippen molar-refractivity contribution in [1.82, 2.24) is 19.8 Å². The molecule has 27 heavy (non-hydrogen) atoms. The second-order valence-electron chi connectivity index (χ2n) is 6.73. The van der Waals surface area contributed by atoms with E-state index in [0.29, 0.717) is 27.4 Å². The summed E-state index contributed by atoms with van der Waals surface area (Å²) in [6.07, 6.45) is 0. The van der Waals surface area contributed by atoms with Gasteiger partial charge in [-0.15, -0.1) is 0 Å². The zero-order valence-corrected chi connectivity index (χ0v) is 16.3. The number of hydrogen-bond acceptors (Lipinski definition) is 4. The Morgan fingerprint density at radius 3 is 2.59 bits per heavy atom. The number of rotatable bonds is 6. The Morgan fingerprint density at radius 2 is 1.93 bits per heavy atom. The maximum atomic E-state index is 13.4. The number of nitrogens with zero attached hydrogens (tertiary/aromatic N) is 3. The molecule has 0 fully saturated rings. The van der Waals surface area contributed by atoms with Gasteiger partial charge in [-0.25, -0.2) is 9.37 Å². The lowest BCUT2D eigenvalue weighted by molar-refractivity contribution is 0.385. The highest BCUT2D eigenvalue weighted by Gasteiger charge is 2.18. The topological polar surface area (TPSA) is 50.2 Å². The lowest BCUT2D eigenvalue weighted by Gasteiger charge is -2.20. The van der Waals surface area contributed by atoms with Crippen molar-refractivity contribution in [2.75, 3.05) is 27.2 Å². The predicted molar refractivity (Wildman–Crippen MR) is 107 cm³/mol. The molecule has 0 saturated carbocycles. The molecule has 142 valence electrons. The van der Waals surface area contributed by atoms with Gasteiger partial charge in [0.1, 0.15) is 11.6 Å². The highest BCUT2D eigenvalue weighted by atomic mass is 35.5. The van der Waals surface area contributed by atoms with Crippen molar-refractivity contribution in [2.24, 2.45) is 0 Å². The van der Waals surface area contributed by atoms with Crippen LogP contribution in [0.25, 0.3) is 16.6 Å². The van der Waals surface area contributed by atoms with Crippen LogP contribution < -0.4 is 10.9 Å². The van der Waals surface area contributed by atoms with Crippen LogP contribution in [0.3, 0.4) is 0 Å². The molecule has 1 N–H and O–H groups in total. The molecule has 0 saturated heterocycles. The van der Waals surface area contributed by atoms with Gasteiger partial charge in [0.25, 0.3) is 5.56 Å². The second kappa shape index (κ2) is 8.17. The Morgan fingerprint density at radius 1 is 1.22 bits per heavy atom. The average molecular weight is 389 g/mol. The van der Waals surface area contributed by atoms with Gasteiger partial charge in [-0.1, -0.05) is 11.6 Å². The summed E-state index contributed by atoms with van der Waals surface area (Å²) in [5.74, 6) is 0.211. The molecule has 0 aliphatic heterocycles. The van der Waals surface area contributed by atoms with Crippen LogP contribution in [0, 0.1) is 5.82 Å². The highest BCUT2D eigenvalue weighted by molar-refractivity contribution is 6.31. The van der Waals surface area contributed by atoms with Gasteiger partial charge in [0.15, 0.2) is 0 Å². The van der Waals surface area contributed by atoms with Gasteiger partial charge in [0.05, 0.1) is 22.6 Å². The van der Waals surface area contributed by atoms with Gasteiger partial charge < -0.3 is 10.2 Å². The first-order valence-corrected chi connectivity index (χ1v) is 9.11. The Hall–Kier alpha value is -2.28. The summed E-state index contributed by atoms with van der Waals surface area (Å²) in [7, 11) is 4.00. The van der Waals surface area contributed by atoms with Crippen molar-refractivity contribution < 1.29 is 4.39 Å². The monoisotopic (exact) mass is 388 g/mol. The number of likely N-dealkylation sites (N-methyl/N-ethyl adjacent to an activating group) is 1.